The van der Waals surface area contributed by atoms with E-state index < -0.39 is 40.8 Å². The van der Waals surface area contributed by atoms with Crippen LogP contribution in [0.25, 0.3) is 0 Å². The Morgan fingerprint density at radius 1 is 0.677 bits per heavy atom. The molecule has 0 saturated heterocycles. The van der Waals surface area contributed by atoms with E-state index in [1.54, 1.807) is 0 Å². The first kappa shape index (κ1) is 26.9. The highest BCUT2D eigenvalue weighted by atomic mass is 19.2. The average Bonchev–Trinajstić information content (AvgIpc) is 2.76. The van der Waals surface area contributed by atoms with E-state index in [9.17, 15) is 26.7 Å². The third kappa shape index (κ3) is 10.1. The quantitative estimate of drug-likeness (QED) is 0.0517. The molecule has 0 radical (unpaired) electrons. The average molecular weight is 446 g/mol. The van der Waals surface area contributed by atoms with Crippen LogP contribution in [0.3, 0.4) is 0 Å². The number of esters is 1. The lowest BCUT2D eigenvalue weighted by Gasteiger charge is -2.08. The van der Waals surface area contributed by atoms with Gasteiger partial charge in [0.05, 0.1) is 0 Å². The summed E-state index contributed by atoms with van der Waals surface area (Å²) in [6.45, 7) is 2.19. The van der Waals surface area contributed by atoms with Crippen LogP contribution in [0.5, 0.6) is 5.75 Å². The molecule has 0 aliphatic heterocycles. The van der Waals surface area contributed by atoms with Gasteiger partial charge in [-0.2, -0.15) is 8.78 Å². The third-order valence-electron chi connectivity index (χ3n) is 4.72. The Morgan fingerprint density at radius 2 is 1.16 bits per heavy atom. The van der Waals surface area contributed by atoms with E-state index in [-0.39, 0.29) is 6.42 Å². The largest absolute Gasteiger partial charge is 0.420 e. The number of allylic oxidation sites excluding steroid dienone is 4. The van der Waals surface area contributed by atoms with Crippen LogP contribution in [0.2, 0.25) is 0 Å². The normalized spacial score (nSPS) is 11.7. The Labute approximate surface area is 181 Å². The number of unbranched alkanes of at least 4 members (excludes halogenated alkanes) is 8. The molecule has 0 aliphatic rings. The topological polar surface area (TPSA) is 26.3 Å². The Hall–Kier alpha value is -2.18. The maximum Gasteiger partial charge on any atom is 0.311 e. The second-order valence-corrected chi connectivity index (χ2v) is 7.35. The number of carbonyl (C=O) groups is 1. The lowest BCUT2D eigenvalue weighted by Crippen LogP contribution is -2.13. The van der Waals surface area contributed by atoms with E-state index in [0.29, 0.717) is 12.8 Å². The van der Waals surface area contributed by atoms with Crippen LogP contribution in [-0.4, -0.2) is 5.97 Å². The third-order valence-corrected chi connectivity index (χ3v) is 4.72. The minimum Gasteiger partial charge on any atom is -0.420 e. The highest BCUT2D eigenvalue weighted by Crippen LogP contribution is 2.29. The molecule has 0 heterocycles. The van der Waals surface area contributed by atoms with Crippen molar-refractivity contribution in [2.45, 2.75) is 84.0 Å². The smallest absolute Gasteiger partial charge is 0.311 e. The molecule has 1 aromatic rings. The van der Waals surface area contributed by atoms with Crippen molar-refractivity contribution in [1.82, 2.24) is 0 Å². The van der Waals surface area contributed by atoms with Crippen LogP contribution in [0.1, 0.15) is 84.0 Å². The summed E-state index contributed by atoms with van der Waals surface area (Å²) < 4.78 is 70.5. The van der Waals surface area contributed by atoms with Crippen LogP contribution in [-0.2, 0) is 4.79 Å². The predicted octanol–water partition coefficient (Wildman–Crippen LogP) is 8.10. The summed E-state index contributed by atoms with van der Waals surface area (Å²) in [6, 6.07) is 0. The van der Waals surface area contributed by atoms with Crippen LogP contribution < -0.4 is 4.74 Å². The molecule has 0 N–H and O–H groups in total. The second-order valence-electron chi connectivity index (χ2n) is 7.35. The summed E-state index contributed by atoms with van der Waals surface area (Å²) in [5, 5.41) is 0. The molecule has 1 rings (SSSR count). The molecule has 2 nitrogen and oxygen atoms in total. The summed E-state index contributed by atoms with van der Waals surface area (Å²) >= 11 is 0. The molecule has 31 heavy (non-hydrogen) atoms. The zero-order valence-corrected chi connectivity index (χ0v) is 18.0. The van der Waals surface area contributed by atoms with Gasteiger partial charge in [-0.15, -0.1) is 0 Å². The number of halogens is 5. The Balaban J connectivity index is 2.14. The minimum absolute atomic E-state index is 0.163. The Kier molecular flexibility index (Phi) is 13.5. The fraction of sp³-hybridized carbons (Fsp3) is 0.542. The molecule has 1 aromatic carbocycles. The molecular formula is C24H31F5O2. The number of benzene rings is 1. The van der Waals surface area contributed by atoms with Crippen molar-refractivity contribution in [3.63, 3.8) is 0 Å². The summed E-state index contributed by atoms with van der Waals surface area (Å²) in [7, 11) is 0. The molecule has 0 fully saturated rings. The van der Waals surface area contributed by atoms with Crippen molar-refractivity contribution < 1.29 is 31.5 Å². The lowest BCUT2D eigenvalue weighted by atomic mass is 10.1. The van der Waals surface area contributed by atoms with Gasteiger partial charge in [-0.3, -0.25) is 4.79 Å². The zero-order chi connectivity index (χ0) is 23.1. The highest BCUT2D eigenvalue weighted by Gasteiger charge is 2.28. The molecular weight excluding hydrogens is 415 g/mol. The van der Waals surface area contributed by atoms with Crippen LogP contribution in [0.15, 0.2) is 24.3 Å². The van der Waals surface area contributed by atoms with Gasteiger partial charge >= 0.3 is 5.97 Å². The second kappa shape index (κ2) is 15.6. The maximum atomic E-state index is 13.5. The summed E-state index contributed by atoms with van der Waals surface area (Å²) in [4.78, 5) is 11.6. The van der Waals surface area contributed by atoms with E-state index in [1.807, 2.05) is 0 Å². The number of hydrogen-bond acceptors (Lipinski definition) is 2. The maximum absolute atomic E-state index is 13.5. The van der Waals surface area contributed by atoms with Gasteiger partial charge in [0.2, 0.25) is 34.8 Å². The standard InChI is InChI=1S/C24H31F5O2/c1-2-3-4-5-6-7-8-9-10-11-12-13-14-15-16-17-18(30)31-24-22(28)20(26)19(25)21(27)23(24)29/h6-7,9-10H,2-5,8,11-17H2,1H3/b7-6-,10-9-. The van der Waals surface area contributed by atoms with Crippen molar-refractivity contribution in [3.8, 4) is 5.75 Å². The van der Waals surface area contributed by atoms with Gasteiger partial charge in [0.25, 0.3) is 0 Å². The first-order chi connectivity index (χ1) is 14.9. The summed E-state index contributed by atoms with van der Waals surface area (Å²) in [5.41, 5.74) is 0. The summed E-state index contributed by atoms with van der Waals surface area (Å²) in [6.07, 6.45) is 19.3. The number of hydrogen-bond donors (Lipinski definition) is 0. The van der Waals surface area contributed by atoms with Crippen molar-refractivity contribution in [1.29, 1.82) is 0 Å². The van der Waals surface area contributed by atoms with E-state index in [1.165, 1.54) is 19.3 Å². The summed E-state index contributed by atoms with van der Waals surface area (Å²) in [5.74, 6) is -13.5. The number of carbonyl (C=O) groups excluding carboxylic acids is 1. The molecule has 0 atom stereocenters. The first-order valence-electron chi connectivity index (χ1n) is 10.9. The molecule has 0 aromatic heterocycles. The predicted molar refractivity (Wildman–Crippen MR) is 111 cm³/mol. The van der Waals surface area contributed by atoms with Crippen molar-refractivity contribution >= 4 is 5.97 Å². The van der Waals surface area contributed by atoms with Gasteiger partial charge in [-0.05, 0) is 38.5 Å². The fourth-order valence-corrected chi connectivity index (χ4v) is 2.92. The van der Waals surface area contributed by atoms with Gasteiger partial charge < -0.3 is 4.74 Å². The van der Waals surface area contributed by atoms with E-state index in [4.69, 9.17) is 0 Å². The minimum atomic E-state index is -2.29. The Morgan fingerprint density at radius 3 is 1.74 bits per heavy atom. The molecule has 0 spiro atoms. The van der Waals surface area contributed by atoms with Crippen LogP contribution >= 0.6 is 0 Å². The molecule has 0 saturated carbocycles. The van der Waals surface area contributed by atoms with Gasteiger partial charge in [0, 0.05) is 6.42 Å². The Bertz CT molecular complexity index is 715. The van der Waals surface area contributed by atoms with Gasteiger partial charge in [-0.25, -0.2) is 13.2 Å². The zero-order valence-electron chi connectivity index (χ0n) is 18.0. The van der Waals surface area contributed by atoms with E-state index in [0.717, 1.165) is 38.5 Å². The first-order valence-corrected chi connectivity index (χ1v) is 10.9. The molecule has 7 heteroatoms. The lowest BCUT2D eigenvalue weighted by molar-refractivity contribution is -0.135. The highest BCUT2D eigenvalue weighted by molar-refractivity contribution is 5.72. The van der Waals surface area contributed by atoms with Gasteiger partial charge in [-0.1, -0.05) is 63.3 Å². The van der Waals surface area contributed by atoms with E-state index >= 15 is 0 Å². The molecule has 0 aliphatic carbocycles. The number of rotatable bonds is 15. The molecule has 0 bridgehead atoms. The molecule has 0 unspecified atom stereocenters. The molecule has 174 valence electrons. The van der Waals surface area contributed by atoms with E-state index in [2.05, 4.69) is 36.0 Å². The fourth-order valence-electron chi connectivity index (χ4n) is 2.92. The number of ether oxygens (including phenoxy) is 1. The van der Waals surface area contributed by atoms with Crippen molar-refractivity contribution in [2.24, 2.45) is 0 Å². The van der Waals surface area contributed by atoms with Crippen LogP contribution in [0.4, 0.5) is 22.0 Å². The van der Waals surface area contributed by atoms with Gasteiger partial charge in [0.1, 0.15) is 0 Å². The van der Waals surface area contributed by atoms with Gasteiger partial charge in [0.15, 0.2) is 0 Å². The monoisotopic (exact) mass is 446 g/mol. The SMILES string of the molecule is CCCCC/C=C\C/C=C\CCCCCCCC(=O)Oc1c(F)c(F)c(F)c(F)c1F. The molecule has 0 amide bonds. The van der Waals surface area contributed by atoms with Crippen molar-refractivity contribution in [2.75, 3.05) is 0 Å². The van der Waals surface area contributed by atoms with Crippen molar-refractivity contribution in [3.05, 3.63) is 53.4 Å². The van der Waals surface area contributed by atoms with Crippen LogP contribution in [0, 0.1) is 29.1 Å².